The largest absolute Gasteiger partial charge is 0.496 e. The predicted molar refractivity (Wildman–Crippen MR) is 185 cm³/mol. The molecular formula is C41H38N2O6. The fourth-order valence-electron chi connectivity index (χ4n) is 7.12. The number of hydrogen-bond donors (Lipinski definition) is 0. The van der Waals surface area contributed by atoms with Crippen molar-refractivity contribution < 1.29 is 28.5 Å². The van der Waals surface area contributed by atoms with Crippen molar-refractivity contribution in [1.29, 1.82) is 0 Å². The lowest BCUT2D eigenvalue weighted by atomic mass is 9.83. The van der Waals surface area contributed by atoms with Crippen molar-refractivity contribution in [3.63, 3.8) is 0 Å². The maximum absolute atomic E-state index is 14.5. The van der Waals surface area contributed by atoms with Gasteiger partial charge in [0.05, 0.1) is 20.3 Å². The van der Waals surface area contributed by atoms with Crippen LogP contribution in [0.5, 0.6) is 17.2 Å². The van der Waals surface area contributed by atoms with E-state index < -0.39 is 30.3 Å². The second kappa shape index (κ2) is 13.8. The van der Waals surface area contributed by atoms with Crippen LogP contribution in [0.1, 0.15) is 51.6 Å². The van der Waals surface area contributed by atoms with Crippen molar-refractivity contribution >= 4 is 12.0 Å². The molecule has 2 saturated heterocycles. The van der Waals surface area contributed by atoms with Crippen molar-refractivity contribution in [3.05, 3.63) is 161 Å². The fourth-order valence-corrected chi connectivity index (χ4v) is 7.12. The van der Waals surface area contributed by atoms with Crippen molar-refractivity contribution in [3.8, 4) is 17.2 Å². The zero-order valence-electron chi connectivity index (χ0n) is 27.7. The lowest BCUT2D eigenvalue weighted by Gasteiger charge is -2.51. The number of carbonyl (C=O) groups is 2. The Kier molecular flexibility index (Phi) is 8.94. The van der Waals surface area contributed by atoms with Crippen LogP contribution in [0, 0.1) is 6.92 Å². The molecule has 2 fully saturated rings. The van der Waals surface area contributed by atoms with Crippen LogP contribution >= 0.6 is 0 Å². The first kappa shape index (κ1) is 31.8. The average molecular weight is 655 g/mol. The van der Waals surface area contributed by atoms with Crippen molar-refractivity contribution in [2.24, 2.45) is 0 Å². The molecule has 0 saturated carbocycles. The molecule has 0 spiro atoms. The van der Waals surface area contributed by atoms with Gasteiger partial charge in [0.15, 0.2) is 17.6 Å². The molecule has 0 aliphatic carbocycles. The molecule has 2 amide bonds. The van der Waals surface area contributed by atoms with E-state index in [0.717, 1.165) is 27.8 Å². The van der Waals surface area contributed by atoms with Gasteiger partial charge in [-0.15, -0.1) is 0 Å². The Morgan fingerprint density at radius 1 is 0.653 bits per heavy atom. The highest BCUT2D eigenvalue weighted by molar-refractivity contribution is 5.94. The Morgan fingerprint density at radius 2 is 1.20 bits per heavy atom. The number of nitrogens with zero attached hydrogens (tertiary/aromatic N) is 2. The number of benzene rings is 5. The minimum atomic E-state index is -0.876. The Hall–Kier alpha value is -5.76. The summed E-state index contributed by atoms with van der Waals surface area (Å²) in [7, 11) is 3.21. The zero-order valence-corrected chi connectivity index (χ0v) is 27.7. The molecule has 49 heavy (non-hydrogen) atoms. The molecule has 4 atom stereocenters. The Balaban J connectivity index is 1.36. The maximum Gasteiger partial charge on any atom is 0.411 e. The lowest BCUT2D eigenvalue weighted by molar-refractivity contribution is -0.160. The average Bonchev–Trinajstić information content (AvgIpc) is 3.49. The molecule has 0 unspecified atom stereocenters. The van der Waals surface area contributed by atoms with Gasteiger partial charge < -0.3 is 23.8 Å². The van der Waals surface area contributed by atoms with E-state index in [0.29, 0.717) is 36.0 Å². The van der Waals surface area contributed by atoms with Gasteiger partial charge in [-0.25, -0.2) is 4.79 Å². The lowest BCUT2D eigenvalue weighted by Crippen LogP contribution is -2.65. The molecule has 8 heteroatoms. The van der Waals surface area contributed by atoms with Crippen LogP contribution in [-0.4, -0.2) is 42.1 Å². The maximum atomic E-state index is 14.5. The van der Waals surface area contributed by atoms with E-state index in [1.54, 1.807) is 24.0 Å². The van der Waals surface area contributed by atoms with E-state index >= 15 is 0 Å². The molecule has 248 valence electrons. The number of β-lactam (4-membered cyclic amide) rings is 1. The molecule has 5 aromatic carbocycles. The van der Waals surface area contributed by atoms with Crippen LogP contribution in [0.15, 0.2) is 127 Å². The van der Waals surface area contributed by atoms with Crippen LogP contribution in [0.4, 0.5) is 4.79 Å². The molecule has 2 aliphatic rings. The summed E-state index contributed by atoms with van der Waals surface area (Å²) in [6.45, 7) is 2.57. The highest BCUT2D eigenvalue weighted by atomic mass is 16.6. The van der Waals surface area contributed by atoms with Crippen LogP contribution in [0.3, 0.4) is 0 Å². The third-order valence-corrected chi connectivity index (χ3v) is 9.38. The molecule has 2 heterocycles. The van der Waals surface area contributed by atoms with Crippen molar-refractivity contribution in [2.75, 3.05) is 14.2 Å². The van der Waals surface area contributed by atoms with E-state index in [2.05, 4.69) is 0 Å². The Morgan fingerprint density at radius 3 is 1.80 bits per heavy atom. The first-order valence-electron chi connectivity index (χ1n) is 16.4. The molecular weight excluding hydrogens is 616 g/mol. The zero-order chi connectivity index (χ0) is 33.9. The van der Waals surface area contributed by atoms with Crippen LogP contribution in [-0.2, 0) is 22.7 Å². The number of hydrogen-bond acceptors (Lipinski definition) is 6. The highest BCUT2D eigenvalue weighted by Crippen LogP contribution is 2.53. The summed E-state index contributed by atoms with van der Waals surface area (Å²) >= 11 is 0. The summed E-state index contributed by atoms with van der Waals surface area (Å²) in [6, 6.07) is 39.0. The standard InChI is InChI=1S/C41H38N2O6/c1-27-37(46-2)32(24-33(38(27)47-3)48-26-29-18-10-5-11-19-29)35-36(40(44)42(35)25-28-16-8-4-9-17-28)43-34(30-20-12-6-13-21-30)39(49-41(43)45)31-22-14-7-15-23-31/h4-24,34-36,39H,25-26H2,1-3H3/t34-,35-,36+,39+/m1/s1. The minimum absolute atomic E-state index is 0.178. The van der Waals surface area contributed by atoms with Gasteiger partial charge in [0.1, 0.15) is 24.4 Å². The van der Waals surface area contributed by atoms with Crippen LogP contribution < -0.4 is 14.2 Å². The van der Waals surface area contributed by atoms with Crippen LogP contribution in [0.25, 0.3) is 0 Å². The number of carbonyl (C=O) groups excluding carboxylic acids is 2. The number of rotatable bonds is 11. The molecule has 0 N–H and O–H groups in total. The van der Waals surface area contributed by atoms with E-state index in [-0.39, 0.29) is 5.91 Å². The van der Waals surface area contributed by atoms with Gasteiger partial charge in [-0.05, 0) is 35.2 Å². The summed E-state index contributed by atoms with van der Waals surface area (Å²) in [5.41, 5.74) is 5.14. The first-order chi connectivity index (χ1) is 24.0. The number of likely N-dealkylation sites (tertiary alicyclic amines) is 1. The topological polar surface area (TPSA) is 77.5 Å². The second-order valence-corrected chi connectivity index (χ2v) is 12.2. The van der Waals surface area contributed by atoms with Gasteiger partial charge in [0, 0.05) is 17.7 Å². The summed E-state index contributed by atoms with van der Waals surface area (Å²) in [5.74, 6) is 1.44. The van der Waals surface area contributed by atoms with Gasteiger partial charge >= 0.3 is 6.09 Å². The number of methoxy groups -OCH3 is 2. The van der Waals surface area contributed by atoms with Gasteiger partial charge in [0.2, 0.25) is 5.91 Å². The van der Waals surface area contributed by atoms with Gasteiger partial charge in [-0.1, -0.05) is 121 Å². The molecule has 0 radical (unpaired) electrons. The minimum Gasteiger partial charge on any atom is -0.496 e. The van der Waals surface area contributed by atoms with Crippen LogP contribution in [0.2, 0.25) is 0 Å². The molecule has 2 aliphatic heterocycles. The molecule has 8 nitrogen and oxygen atoms in total. The first-order valence-corrected chi connectivity index (χ1v) is 16.4. The smallest absolute Gasteiger partial charge is 0.411 e. The van der Waals surface area contributed by atoms with Crippen molar-refractivity contribution in [2.45, 2.75) is 44.3 Å². The van der Waals surface area contributed by atoms with Gasteiger partial charge in [-0.2, -0.15) is 0 Å². The Labute approximate surface area is 286 Å². The van der Waals surface area contributed by atoms with E-state index in [1.165, 1.54) is 0 Å². The molecule has 5 aromatic rings. The third-order valence-electron chi connectivity index (χ3n) is 9.38. The summed E-state index contributed by atoms with van der Waals surface area (Å²) < 4.78 is 24.4. The van der Waals surface area contributed by atoms with E-state index in [9.17, 15) is 9.59 Å². The number of ether oxygens (including phenoxy) is 4. The predicted octanol–water partition coefficient (Wildman–Crippen LogP) is 7.98. The summed E-state index contributed by atoms with van der Waals surface area (Å²) in [5, 5.41) is 0. The van der Waals surface area contributed by atoms with Gasteiger partial charge in [0.25, 0.3) is 0 Å². The second-order valence-electron chi connectivity index (χ2n) is 12.2. The number of cyclic esters (lactones) is 1. The SMILES string of the molecule is COc1c(OCc2ccccc2)cc([C@@H]2[C@H](N3C(=O)O[C@@H](c4ccccc4)[C@H]3c3ccccc3)C(=O)N2Cc2ccccc2)c(OC)c1C. The molecule has 7 rings (SSSR count). The highest BCUT2D eigenvalue weighted by Gasteiger charge is 2.59. The van der Waals surface area contributed by atoms with Gasteiger partial charge in [-0.3, -0.25) is 9.69 Å². The van der Waals surface area contributed by atoms with E-state index in [4.69, 9.17) is 18.9 Å². The Bertz CT molecular complexity index is 1920. The molecule has 0 bridgehead atoms. The molecule has 0 aromatic heterocycles. The monoisotopic (exact) mass is 654 g/mol. The van der Waals surface area contributed by atoms with E-state index in [1.807, 2.05) is 134 Å². The summed E-state index contributed by atoms with van der Waals surface area (Å²) in [6.07, 6.45) is -1.16. The normalized spacial score (nSPS) is 20.1. The number of amides is 2. The quantitative estimate of drug-likeness (QED) is 0.135. The fraction of sp³-hybridized carbons (Fsp3) is 0.220. The summed E-state index contributed by atoms with van der Waals surface area (Å²) in [4.78, 5) is 32.0. The third kappa shape index (κ3) is 5.95. The van der Waals surface area contributed by atoms with Crippen molar-refractivity contribution in [1.82, 2.24) is 9.80 Å².